The molecule has 0 bridgehead atoms. The molecule has 1 fully saturated rings. The Kier molecular flexibility index (Phi) is 5.45. The zero-order chi connectivity index (χ0) is 11.4. The van der Waals surface area contributed by atoms with Crippen molar-refractivity contribution >= 4 is 19.4 Å². The molecule has 1 saturated heterocycles. The normalized spacial score (nSPS) is 30.1. The van der Waals surface area contributed by atoms with Crippen LogP contribution in [0.3, 0.4) is 0 Å². The van der Waals surface area contributed by atoms with E-state index in [0.717, 1.165) is 18.9 Å². The van der Waals surface area contributed by atoms with Crippen LogP contribution in [0.1, 0.15) is 19.8 Å². The SMILES string of the molecule is C=C(O)C1CC(C(C)CCP(C)S)CN1. The van der Waals surface area contributed by atoms with E-state index in [9.17, 15) is 5.11 Å². The molecule has 1 aliphatic heterocycles. The number of rotatable bonds is 5. The van der Waals surface area contributed by atoms with Gasteiger partial charge < -0.3 is 10.4 Å². The van der Waals surface area contributed by atoms with Gasteiger partial charge in [0, 0.05) is 0 Å². The van der Waals surface area contributed by atoms with E-state index in [1.54, 1.807) is 0 Å². The highest BCUT2D eigenvalue weighted by Gasteiger charge is 2.29. The molecule has 0 aromatic carbocycles. The summed E-state index contributed by atoms with van der Waals surface area (Å²) in [4.78, 5) is 0. The van der Waals surface area contributed by atoms with Crippen LogP contribution in [-0.2, 0) is 0 Å². The molecule has 1 rings (SSSR count). The quantitative estimate of drug-likeness (QED) is 0.396. The molecule has 0 saturated carbocycles. The molecule has 4 atom stereocenters. The van der Waals surface area contributed by atoms with Gasteiger partial charge in [-0.25, -0.2) is 0 Å². The first kappa shape index (κ1) is 13.3. The molecule has 0 aliphatic carbocycles. The van der Waals surface area contributed by atoms with Crippen LogP contribution in [0.4, 0.5) is 0 Å². The first-order chi connectivity index (χ1) is 7.00. The Morgan fingerprint density at radius 1 is 1.73 bits per heavy atom. The number of thiol groups is 1. The van der Waals surface area contributed by atoms with E-state index in [-0.39, 0.29) is 18.9 Å². The summed E-state index contributed by atoms with van der Waals surface area (Å²) in [5.41, 5.74) is 0. The monoisotopic (exact) mass is 247 g/mol. The minimum atomic E-state index is -0.0638. The third kappa shape index (κ3) is 4.34. The van der Waals surface area contributed by atoms with Gasteiger partial charge in [-0.1, -0.05) is 20.6 Å². The van der Waals surface area contributed by atoms with Crippen LogP contribution < -0.4 is 5.32 Å². The number of aliphatic hydroxyl groups excluding tert-OH is 1. The average molecular weight is 247 g/mol. The van der Waals surface area contributed by atoms with Gasteiger partial charge in [-0.15, -0.1) is 0 Å². The zero-order valence-electron chi connectivity index (χ0n) is 9.61. The first-order valence-corrected chi connectivity index (χ1v) is 8.64. The predicted octanol–water partition coefficient (Wildman–Crippen LogP) is 3.02. The first-order valence-electron chi connectivity index (χ1n) is 5.52. The Morgan fingerprint density at radius 2 is 2.40 bits per heavy atom. The van der Waals surface area contributed by atoms with Gasteiger partial charge in [-0.05, 0) is 44.0 Å². The van der Waals surface area contributed by atoms with Gasteiger partial charge >= 0.3 is 0 Å². The third-order valence-electron chi connectivity index (χ3n) is 3.28. The van der Waals surface area contributed by atoms with Crippen LogP contribution in [-0.4, -0.2) is 30.5 Å². The van der Waals surface area contributed by atoms with E-state index in [1.165, 1.54) is 12.6 Å². The molecule has 0 radical (unpaired) electrons. The molecule has 0 aromatic heterocycles. The Hall–Kier alpha value is 0.280. The van der Waals surface area contributed by atoms with E-state index >= 15 is 0 Å². The van der Waals surface area contributed by atoms with Crippen molar-refractivity contribution in [2.24, 2.45) is 11.8 Å². The largest absolute Gasteiger partial charge is 0.511 e. The molecule has 1 aliphatic rings. The fraction of sp³-hybridized carbons (Fsp3) is 0.818. The maximum absolute atomic E-state index is 9.30. The lowest BCUT2D eigenvalue weighted by Crippen LogP contribution is -2.22. The van der Waals surface area contributed by atoms with Crippen molar-refractivity contribution in [1.29, 1.82) is 0 Å². The Balaban J connectivity index is 2.30. The minimum absolute atomic E-state index is 0.0638. The number of aliphatic hydroxyl groups is 1. The highest BCUT2D eigenvalue weighted by Crippen LogP contribution is 2.38. The third-order valence-corrected chi connectivity index (χ3v) is 4.79. The van der Waals surface area contributed by atoms with Gasteiger partial charge in [0.15, 0.2) is 0 Å². The predicted molar refractivity (Wildman–Crippen MR) is 72.1 cm³/mol. The summed E-state index contributed by atoms with van der Waals surface area (Å²) >= 11 is 4.46. The van der Waals surface area contributed by atoms with Gasteiger partial charge in [0.25, 0.3) is 0 Å². The maximum atomic E-state index is 9.30. The molecular formula is C11H22NOPS. The molecule has 4 heteroatoms. The summed E-state index contributed by atoms with van der Waals surface area (Å²) < 4.78 is 0. The zero-order valence-corrected chi connectivity index (χ0v) is 11.4. The fourth-order valence-electron chi connectivity index (χ4n) is 2.08. The van der Waals surface area contributed by atoms with Gasteiger partial charge in [0.2, 0.25) is 0 Å². The summed E-state index contributed by atoms with van der Waals surface area (Å²) in [6.07, 6.45) is 3.52. The average Bonchev–Trinajstić information content (AvgIpc) is 2.62. The van der Waals surface area contributed by atoms with Gasteiger partial charge in [-0.3, -0.25) is 0 Å². The minimum Gasteiger partial charge on any atom is -0.511 e. The van der Waals surface area contributed by atoms with Crippen LogP contribution >= 0.6 is 19.4 Å². The highest BCUT2D eigenvalue weighted by atomic mass is 32.7. The lowest BCUT2D eigenvalue weighted by Gasteiger charge is -2.19. The molecular weight excluding hydrogens is 225 g/mol. The van der Waals surface area contributed by atoms with E-state index in [0.29, 0.717) is 5.92 Å². The lowest BCUT2D eigenvalue weighted by molar-refractivity contribution is 0.338. The van der Waals surface area contributed by atoms with Gasteiger partial charge in [0.1, 0.15) is 5.76 Å². The molecule has 2 N–H and O–H groups in total. The highest BCUT2D eigenvalue weighted by molar-refractivity contribution is 8.45. The summed E-state index contributed by atoms with van der Waals surface area (Å²) in [6, 6.07) is 0.122. The van der Waals surface area contributed by atoms with Crippen LogP contribution in [0, 0.1) is 11.8 Å². The molecule has 0 amide bonds. The van der Waals surface area contributed by atoms with Crippen molar-refractivity contribution < 1.29 is 5.11 Å². The van der Waals surface area contributed by atoms with Crippen LogP contribution in [0.2, 0.25) is 0 Å². The Bertz CT molecular complexity index is 223. The van der Waals surface area contributed by atoms with Crippen LogP contribution in [0.15, 0.2) is 12.3 Å². The number of nitrogens with one attached hydrogen (secondary N) is 1. The standard InChI is InChI=1S/C11H22NOPS/c1-8(4-5-14(3)15)10-6-11(9(2)13)12-7-10/h8,10-13,15H,2,4-7H2,1,3H3. The van der Waals surface area contributed by atoms with Crippen molar-refractivity contribution in [3.05, 3.63) is 12.3 Å². The molecule has 2 nitrogen and oxygen atoms in total. The van der Waals surface area contributed by atoms with E-state index in [4.69, 9.17) is 0 Å². The van der Waals surface area contributed by atoms with E-state index in [2.05, 4.69) is 37.7 Å². The Labute approximate surface area is 99.4 Å². The molecule has 4 unspecified atom stereocenters. The molecule has 0 aromatic rings. The lowest BCUT2D eigenvalue weighted by atomic mass is 9.89. The summed E-state index contributed by atoms with van der Waals surface area (Å²) in [5.74, 6) is 1.69. The molecule has 0 spiro atoms. The van der Waals surface area contributed by atoms with Crippen molar-refractivity contribution in [1.82, 2.24) is 5.32 Å². The fourth-order valence-corrected chi connectivity index (χ4v) is 3.20. The van der Waals surface area contributed by atoms with Gasteiger partial charge in [0.05, 0.1) is 6.04 Å². The summed E-state index contributed by atoms with van der Waals surface area (Å²) in [5, 5.41) is 12.6. The van der Waals surface area contributed by atoms with Gasteiger partial charge in [-0.2, -0.15) is 12.2 Å². The second-order valence-electron chi connectivity index (χ2n) is 4.60. The van der Waals surface area contributed by atoms with E-state index in [1.807, 2.05) is 0 Å². The molecule has 15 heavy (non-hydrogen) atoms. The van der Waals surface area contributed by atoms with Crippen molar-refractivity contribution in [3.63, 3.8) is 0 Å². The Morgan fingerprint density at radius 3 is 2.87 bits per heavy atom. The van der Waals surface area contributed by atoms with Crippen molar-refractivity contribution in [2.75, 3.05) is 19.4 Å². The van der Waals surface area contributed by atoms with Crippen molar-refractivity contribution in [2.45, 2.75) is 25.8 Å². The van der Waals surface area contributed by atoms with E-state index < -0.39 is 0 Å². The maximum Gasteiger partial charge on any atom is 0.102 e. The second kappa shape index (κ2) is 6.12. The topological polar surface area (TPSA) is 32.3 Å². The summed E-state index contributed by atoms with van der Waals surface area (Å²) in [6.45, 7) is 9.11. The van der Waals surface area contributed by atoms with Crippen LogP contribution in [0.25, 0.3) is 0 Å². The molecule has 88 valence electrons. The summed E-state index contributed by atoms with van der Waals surface area (Å²) in [7, 11) is -0.0638. The number of hydrogen-bond acceptors (Lipinski definition) is 3. The van der Waals surface area contributed by atoms with Crippen LogP contribution in [0.5, 0.6) is 0 Å². The van der Waals surface area contributed by atoms with Crippen molar-refractivity contribution in [3.8, 4) is 0 Å². The smallest absolute Gasteiger partial charge is 0.102 e. The number of hydrogen-bond donors (Lipinski definition) is 3. The molecule has 1 heterocycles. The second-order valence-corrected chi connectivity index (χ2v) is 8.41.